The molecule has 0 spiro atoms. The molecule has 3 nitrogen and oxygen atoms in total. The third-order valence-electron chi connectivity index (χ3n) is 4.98. The van der Waals surface area contributed by atoms with Gasteiger partial charge in [-0.15, -0.1) is 0 Å². The molecule has 0 saturated heterocycles. The molecule has 1 aliphatic heterocycles. The maximum Gasteiger partial charge on any atom is 0.296 e. The number of thiophene rings is 1. The number of hydrogen-bond donors (Lipinski definition) is 0. The van der Waals surface area contributed by atoms with Crippen molar-refractivity contribution in [1.29, 1.82) is 0 Å². The van der Waals surface area contributed by atoms with Crippen molar-refractivity contribution in [2.24, 2.45) is 0 Å². The summed E-state index contributed by atoms with van der Waals surface area (Å²) >= 11 is 1.87. The lowest BCUT2D eigenvalue weighted by molar-refractivity contribution is -0.645. The van der Waals surface area contributed by atoms with E-state index >= 15 is 0 Å². The Morgan fingerprint density at radius 1 is 0.960 bits per heavy atom. The predicted octanol–water partition coefficient (Wildman–Crippen LogP) is 4.56. The first-order valence-electron chi connectivity index (χ1n) is 8.36. The highest BCUT2D eigenvalue weighted by molar-refractivity contribution is 7.25. The lowest BCUT2D eigenvalue weighted by Crippen LogP contribution is -2.31. The van der Waals surface area contributed by atoms with E-state index in [0.717, 1.165) is 6.54 Å². The summed E-state index contributed by atoms with van der Waals surface area (Å²) in [6, 6.07) is 21.5. The van der Waals surface area contributed by atoms with Crippen molar-refractivity contribution in [1.82, 2.24) is 9.55 Å². The van der Waals surface area contributed by atoms with Crippen molar-refractivity contribution in [3.63, 3.8) is 0 Å². The van der Waals surface area contributed by atoms with Gasteiger partial charge in [0.15, 0.2) is 5.52 Å². The highest BCUT2D eigenvalue weighted by Crippen LogP contribution is 2.40. The van der Waals surface area contributed by atoms with Crippen LogP contribution in [0.4, 0.5) is 0 Å². The summed E-state index contributed by atoms with van der Waals surface area (Å²) in [6.07, 6.45) is 3.89. The number of imidazole rings is 1. The Balaban J connectivity index is 1.83. The minimum absolute atomic E-state index is 0.884. The molecule has 0 atom stereocenters. The van der Waals surface area contributed by atoms with Crippen molar-refractivity contribution < 1.29 is 4.57 Å². The molecule has 25 heavy (non-hydrogen) atoms. The Kier molecular flexibility index (Phi) is 2.54. The van der Waals surface area contributed by atoms with Crippen LogP contribution in [0.2, 0.25) is 0 Å². The van der Waals surface area contributed by atoms with Crippen molar-refractivity contribution in [2.75, 3.05) is 0 Å². The summed E-state index contributed by atoms with van der Waals surface area (Å²) in [5, 5.41) is 1.33. The molecule has 0 unspecified atom stereocenters. The first-order valence-corrected chi connectivity index (χ1v) is 9.18. The zero-order valence-electron chi connectivity index (χ0n) is 13.4. The third-order valence-corrected chi connectivity index (χ3v) is 6.12. The summed E-state index contributed by atoms with van der Waals surface area (Å²) < 4.78 is 6.20. The minimum atomic E-state index is 0.884. The topological polar surface area (TPSA) is 21.7 Å². The molecule has 0 amide bonds. The van der Waals surface area contributed by atoms with E-state index in [9.17, 15) is 0 Å². The van der Waals surface area contributed by atoms with E-state index in [4.69, 9.17) is 0 Å². The van der Waals surface area contributed by atoms with Gasteiger partial charge in [0.1, 0.15) is 12.2 Å². The van der Waals surface area contributed by atoms with Gasteiger partial charge in [0.05, 0.1) is 5.56 Å². The Bertz CT molecular complexity index is 1260. The van der Waals surface area contributed by atoms with Crippen molar-refractivity contribution in [2.45, 2.75) is 6.54 Å². The molecule has 0 fully saturated rings. The van der Waals surface area contributed by atoms with E-state index < -0.39 is 0 Å². The highest BCUT2D eigenvalue weighted by Gasteiger charge is 2.36. The molecule has 0 radical (unpaired) electrons. The normalized spacial score (nSPS) is 12.6. The predicted molar refractivity (Wildman–Crippen MR) is 101 cm³/mol. The molecule has 2 aromatic carbocycles. The number of fused-ring (bicyclic) bond motifs is 7. The Labute approximate surface area is 148 Å². The van der Waals surface area contributed by atoms with E-state index in [2.05, 4.69) is 74.8 Å². The molecule has 1 aliphatic rings. The molecule has 4 heterocycles. The number of benzene rings is 2. The van der Waals surface area contributed by atoms with Gasteiger partial charge in [0.2, 0.25) is 4.83 Å². The third kappa shape index (κ3) is 1.69. The van der Waals surface area contributed by atoms with E-state index in [1.54, 1.807) is 0 Å². The Morgan fingerprint density at radius 2 is 1.80 bits per heavy atom. The van der Waals surface area contributed by atoms with Gasteiger partial charge in [-0.05, 0) is 30.3 Å². The molecule has 0 N–H and O–H groups in total. The van der Waals surface area contributed by atoms with E-state index in [1.807, 2.05) is 23.7 Å². The van der Waals surface area contributed by atoms with Crippen LogP contribution in [-0.4, -0.2) is 9.55 Å². The van der Waals surface area contributed by atoms with Crippen LogP contribution >= 0.6 is 11.3 Å². The van der Waals surface area contributed by atoms with E-state index in [0.29, 0.717) is 0 Å². The SMILES string of the molecule is c1ccc(-n2c3[n+](c4c5ccccc5sc42)Cc2cnccc2-3)cc1. The number of nitrogens with zero attached hydrogens (tertiary/aromatic N) is 3. The number of rotatable bonds is 1. The van der Waals surface area contributed by atoms with Gasteiger partial charge >= 0.3 is 0 Å². The summed E-state index contributed by atoms with van der Waals surface area (Å²) in [5.74, 6) is 1.26. The summed E-state index contributed by atoms with van der Waals surface area (Å²) in [7, 11) is 0. The second-order valence-electron chi connectivity index (χ2n) is 6.37. The van der Waals surface area contributed by atoms with Crippen LogP contribution in [0, 0.1) is 0 Å². The van der Waals surface area contributed by atoms with Gasteiger partial charge in [-0.1, -0.05) is 41.7 Å². The summed E-state index contributed by atoms with van der Waals surface area (Å²) in [6.45, 7) is 0.884. The number of hydrogen-bond acceptors (Lipinski definition) is 2. The van der Waals surface area contributed by atoms with Crippen LogP contribution in [0.15, 0.2) is 73.1 Å². The van der Waals surface area contributed by atoms with Crippen LogP contribution in [0.5, 0.6) is 0 Å². The smallest absolute Gasteiger partial charge is 0.264 e. The van der Waals surface area contributed by atoms with E-state index in [-0.39, 0.29) is 0 Å². The number of aromatic nitrogens is 3. The minimum Gasteiger partial charge on any atom is -0.264 e. The fraction of sp³-hybridized carbons (Fsp3) is 0.0476. The van der Waals surface area contributed by atoms with Crippen molar-refractivity contribution in [3.8, 4) is 17.1 Å². The Hall–Kier alpha value is -2.98. The monoisotopic (exact) mass is 340 g/mol. The second-order valence-corrected chi connectivity index (χ2v) is 7.40. The lowest BCUT2D eigenvalue weighted by atomic mass is 10.1. The Morgan fingerprint density at radius 3 is 2.72 bits per heavy atom. The molecule has 4 heteroatoms. The lowest BCUT2D eigenvalue weighted by Gasteiger charge is -2.00. The maximum atomic E-state index is 4.33. The molecule has 5 aromatic rings. The average Bonchev–Trinajstić information content (AvgIpc) is 3.29. The van der Waals surface area contributed by atoms with Gasteiger partial charge in [0, 0.05) is 28.0 Å². The van der Waals surface area contributed by atoms with Crippen LogP contribution in [0.3, 0.4) is 0 Å². The van der Waals surface area contributed by atoms with Crippen molar-refractivity contribution in [3.05, 3.63) is 78.6 Å². The summed E-state index contributed by atoms with van der Waals surface area (Å²) in [4.78, 5) is 5.64. The van der Waals surface area contributed by atoms with Gasteiger partial charge in [0.25, 0.3) is 5.82 Å². The maximum absolute atomic E-state index is 4.33. The largest absolute Gasteiger partial charge is 0.296 e. The molecule has 118 valence electrons. The zero-order chi connectivity index (χ0) is 16.4. The number of para-hydroxylation sites is 1. The second kappa shape index (κ2) is 4.77. The van der Waals surface area contributed by atoms with Gasteiger partial charge in [-0.3, -0.25) is 4.98 Å². The van der Waals surface area contributed by atoms with E-state index in [1.165, 1.54) is 43.1 Å². The number of pyridine rings is 1. The zero-order valence-corrected chi connectivity index (χ0v) is 14.2. The quantitative estimate of drug-likeness (QED) is 0.402. The van der Waals surface area contributed by atoms with Crippen LogP contribution in [-0.2, 0) is 6.54 Å². The first kappa shape index (κ1) is 13.3. The molecular formula is C21H14N3S+. The summed E-state index contributed by atoms with van der Waals surface area (Å²) in [5.41, 5.74) is 5.11. The molecular weight excluding hydrogens is 326 g/mol. The fourth-order valence-electron chi connectivity index (χ4n) is 3.93. The first-order chi connectivity index (χ1) is 12.4. The molecule has 0 aliphatic carbocycles. The fourth-order valence-corrected chi connectivity index (χ4v) is 5.16. The van der Waals surface area contributed by atoms with Gasteiger partial charge in [-0.25, -0.2) is 4.57 Å². The van der Waals surface area contributed by atoms with Crippen LogP contribution in [0.1, 0.15) is 5.56 Å². The molecule has 6 rings (SSSR count). The van der Waals surface area contributed by atoms with Gasteiger partial charge in [-0.2, -0.15) is 4.57 Å². The highest BCUT2D eigenvalue weighted by atomic mass is 32.1. The molecule has 3 aromatic heterocycles. The average molecular weight is 340 g/mol. The molecule has 0 bridgehead atoms. The van der Waals surface area contributed by atoms with Gasteiger partial charge < -0.3 is 0 Å². The van der Waals surface area contributed by atoms with Crippen LogP contribution < -0.4 is 4.57 Å². The van der Waals surface area contributed by atoms with Crippen molar-refractivity contribution >= 4 is 31.8 Å². The molecule has 0 saturated carbocycles. The van der Waals surface area contributed by atoms with Crippen LogP contribution in [0.25, 0.3) is 37.5 Å². The standard InChI is InChI=1S/C21H14N3S/c1-2-6-15(7-3-1)24-20-16-10-11-22-12-14(16)13-23(20)19-17-8-4-5-9-18(17)25-21(19)24/h1-12H,13H2/q+1.